The lowest BCUT2D eigenvalue weighted by Gasteiger charge is -2.05. The Labute approximate surface area is 188 Å². The minimum atomic E-state index is -0.472. The van der Waals surface area contributed by atoms with E-state index in [0.29, 0.717) is 28.5 Å². The van der Waals surface area contributed by atoms with Crippen LogP contribution in [0.1, 0.15) is 32.2 Å². The van der Waals surface area contributed by atoms with Gasteiger partial charge in [0.2, 0.25) is 0 Å². The van der Waals surface area contributed by atoms with Crippen LogP contribution in [0.5, 0.6) is 5.75 Å². The molecule has 0 fully saturated rings. The molecule has 0 saturated heterocycles. The first-order valence-electron chi connectivity index (χ1n) is 10.00. The molecule has 8 nitrogen and oxygen atoms in total. The summed E-state index contributed by atoms with van der Waals surface area (Å²) in [7, 11) is 1.31. The molecule has 0 bridgehead atoms. The van der Waals surface area contributed by atoms with Gasteiger partial charge < -0.3 is 19.2 Å². The van der Waals surface area contributed by atoms with E-state index in [1.165, 1.54) is 23.9 Å². The Bertz CT molecular complexity index is 1260. The lowest BCUT2D eigenvalue weighted by molar-refractivity contribution is 0.0600. The molecule has 0 aliphatic rings. The molecule has 2 aromatic heterocycles. The van der Waals surface area contributed by atoms with Crippen molar-refractivity contribution in [3.8, 4) is 5.75 Å². The van der Waals surface area contributed by atoms with Crippen molar-refractivity contribution in [3.63, 3.8) is 0 Å². The van der Waals surface area contributed by atoms with E-state index in [1.54, 1.807) is 60.8 Å². The maximum atomic E-state index is 13.8. The Morgan fingerprint density at radius 3 is 2.61 bits per heavy atom. The molecule has 2 aromatic carbocycles. The number of nitrogens with zero attached hydrogens (tertiary/aromatic N) is 2. The van der Waals surface area contributed by atoms with Gasteiger partial charge in [-0.1, -0.05) is 18.2 Å². The number of esters is 1. The molecular weight excluding hydrogens is 429 g/mol. The Morgan fingerprint density at radius 2 is 1.85 bits per heavy atom. The number of benzene rings is 2. The molecule has 33 heavy (non-hydrogen) atoms. The molecular formula is C24H20FN3O5. The van der Waals surface area contributed by atoms with Gasteiger partial charge >= 0.3 is 5.97 Å². The summed E-state index contributed by atoms with van der Waals surface area (Å²) in [6.07, 6.45) is 1.65. The van der Waals surface area contributed by atoms with Crippen molar-refractivity contribution in [2.45, 2.75) is 13.2 Å². The molecule has 0 aliphatic heterocycles. The van der Waals surface area contributed by atoms with Gasteiger partial charge in [0, 0.05) is 17.8 Å². The van der Waals surface area contributed by atoms with Gasteiger partial charge in [-0.3, -0.25) is 9.48 Å². The normalized spacial score (nSPS) is 10.6. The van der Waals surface area contributed by atoms with Gasteiger partial charge in [-0.05, 0) is 42.5 Å². The lowest BCUT2D eigenvalue weighted by atomic mass is 10.2. The highest BCUT2D eigenvalue weighted by molar-refractivity contribution is 6.01. The second-order valence-electron chi connectivity index (χ2n) is 7.01. The van der Waals surface area contributed by atoms with Crippen LogP contribution in [0.3, 0.4) is 0 Å². The average Bonchev–Trinajstić information content (AvgIpc) is 3.49. The summed E-state index contributed by atoms with van der Waals surface area (Å²) in [6.45, 7) is 0.341. The molecule has 0 aliphatic carbocycles. The van der Waals surface area contributed by atoms with Crippen LogP contribution in [0.15, 0.2) is 77.3 Å². The van der Waals surface area contributed by atoms with Crippen molar-refractivity contribution < 1.29 is 27.9 Å². The number of hydrogen-bond acceptors (Lipinski definition) is 6. The third-order valence-corrected chi connectivity index (χ3v) is 4.71. The number of methoxy groups -OCH3 is 1. The predicted molar refractivity (Wildman–Crippen MR) is 117 cm³/mol. The van der Waals surface area contributed by atoms with Gasteiger partial charge in [0.05, 0.1) is 19.2 Å². The zero-order chi connectivity index (χ0) is 23.2. The topological polar surface area (TPSA) is 95.6 Å². The highest BCUT2D eigenvalue weighted by Gasteiger charge is 2.14. The van der Waals surface area contributed by atoms with Gasteiger partial charge in [0.15, 0.2) is 11.6 Å². The predicted octanol–water partition coefficient (Wildman–Crippen LogP) is 4.28. The first-order valence-corrected chi connectivity index (χ1v) is 10.00. The molecule has 0 saturated carbocycles. The van der Waals surface area contributed by atoms with Crippen LogP contribution in [-0.2, 0) is 17.9 Å². The number of amides is 1. The summed E-state index contributed by atoms with van der Waals surface area (Å²) in [5.74, 6) is 0.172. The fourth-order valence-electron chi connectivity index (χ4n) is 3.03. The molecule has 4 aromatic rings. The highest BCUT2D eigenvalue weighted by atomic mass is 19.1. The Kier molecular flexibility index (Phi) is 6.49. The van der Waals surface area contributed by atoms with Gasteiger partial charge in [0.25, 0.3) is 5.91 Å². The van der Waals surface area contributed by atoms with Gasteiger partial charge in [0.1, 0.15) is 23.9 Å². The van der Waals surface area contributed by atoms with Crippen LogP contribution in [0, 0.1) is 5.82 Å². The monoisotopic (exact) mass is 449 g/mol. The summed E-state index contributed by atoms with van der Waals surface area (Å²) < 4.78 is 31.1. The number of nitrogens with one attached hydrogen (secondary N) is 1. The number of rotatable bonds is 8. The Balaban J connectivity index is 1.31. The number of hydrogen-bond donors (Lipinski definition) is 1. The fourth-order valence-corrected chi connectivity index (χ4v) is 3.03. The molecule has 0 atom stereocenters. The van der Waals surface area contributed by atoms with E-state index < -0.39 is 11.9 Å². The molecule has 9 heteroatoms. The molecule has 2 heterocycles. The van der Waals surface area contributed by atoms with Crippen LogP contribution in [0.2, 0.25) is 0 Å². The van der Waals surface area contributed by atoms with Crippen molar-refractivity contribution in [1.82, 2.24) is 9.78 Å². The molecule has 1 amide bonds. The maximum Gasteiger partial charge on any atom is 0.337 e. The minimum absolute atomic E-state index is 0.0956. The van der Waals surface area contributed by atoms with E-state index in [9.17, 15) is 14.0 Å². The van der Waals surface area contributed by atoms with Gasteiger partial charge in [-0.25, -0.2) is 9.18 Å². The summed E-state index contributed by atoms with van der Waals surface area (Å²) in [6, 6.07) is 17.7. The molecule has 4 rings (SSSR count). The van der Waals surface area contributed by atoms with E-state index in [1.807, 2.05) is 0 Å². The van der Waals surface area contributed by atoms with E-state index in [4.69, 9.17) is 9.15 Å². The van der Waals surface area contributed by atoms with E-state index in [2.05, 4.69) is 15.2 Å². The largest absolute Gasteiger partial charge is 0.486 e. The zero-order valence-electron chi connectivity index (χ0n) is 17.7. The number of anilines is 1. The number of ether oxygens (including phenoxy) is 2. The standard InChI is InChI=1S/C24H20FN3O5/c1-31-24(30)16-6-8-18(9-7-16)32-15-19-10-11-21(33-19)23(29)26-22-12-13-28(27-22)14-17-4-2-3-5-20(17)25/h2-13H,14-15H2,1H3,(H,26,27,29). The third-order valence-electron chi connectivity index (χ3n) is 4.71. The molecule has 1 N–H and O–H groups in total. The fraction of sp³-hybridized carbons (Fsp3) is 0.125. The van der Waals surface area contributed by atoms with Crippen LogP contribution >= 0.6 is 0 Å². The van der Waals surface area contributed by atoms with Gasteiger partial charge in [-0.2, -0.15) is 5.10 Å². The quantitative estimate of drug-likeness (QED) is 0.404. The molecule has 0 unspecified atom stereocenters. The van der Waals surface area contributed by atoms with Crippen molar-refractivity contribution >= 4 is 17.7 Å². The first-order chi connectivity index (χ1) is 16.0. The maximum absolute atomic E-state index is 13.8. The third kappa shape index (κ3) is 5.45. The summed E-state index contributed by atoms with van der Waals surface area (Å²) in [4.78, 5) is 23.9. The van der Waals surface area contributed by atoms with E-state index >= 15 is 0 Å². The number of carbonyl (C=O) groups is 2. The van der Waals surface area contributed by atoms with Crippen molar-refractivity contribution in [2.24, 2.45) is 0 Å². The molecule has 0 spiro atoms. The zero-order valence-corrected chi connectivity index (χ0v) is 17.7. The summed E-state index contributed by atoms with van der Waals surface area (Å²) >= 11 is 0. The van der Waals surface area contributed by atoms with Crippen LogP contribution < -0.4 is 10.1 Å². The lowest BCUT2D eigenvalue weighted by Crippen LogP contribution is -2.12. The van der Waals surface area contributed by atoms with Crippen LogP contribution in [-0.4, -0.2) is 28.8 Å². The number of furan rings is 1. The average molecular weight is 449 g/mol. The van der Waals surface area contributed by atoms with Crippen LogP contribution in [0.25, 0.3) is 0 Å². The minimum Gasteiger partial charge on any atom is -0.486 e. The molecule has 0 radical (unpaired) electrons. The van der Waals surface area contributed by atoms with Crippen molar-refractivity contribution in [1.29, 1.82) is 0 Å². The van der Waals surface area contributed by atoms with E-state index in [-0.39, 0.29) is 24.7 Å². The Hall–Kier alpha value is -4.40. The second kappa shape index (κ2) is 9.82. The number of aromatic nitrogens is 2. The molecule has 168 valence electrons. The first kappa shape index (κ1) is 21.8. The van der Waals surface area contributed by atoms with E-state index in [0.717, 1.165) is 0 Å². The number of carbonyl (C=O) groups excluding carboxylic acids is 2. The highest BCUT2D eigenvalue weighted by Crippen LogP contribution is 2.17. The second-order valence-corrected chi connectivity index (χ2v) is 7.01. The van der Waals surface area contributed by atoms with Crippen molar-refractivity contribution in [2.75, 3.05) is 12.4 Å². The van der Waals surface area contributed by atoms with Crippen molar-refractivity contribution in [3.05, 3.63) is 101 Å². The summed E-state index contributed by atoms with van der Waals surface area (Å²) in [5.41, 5.74) is 0.909. The summed E-state index contributed by atoms with van der Waals surface area (Å²) in [5, 5.41) is 6.88. The van der Waals surface area contributed by atoms with Gasteiger partial charge in [-0.15, -0.1) is 0 Å². The SMILES string of the molecule is COC(=O)c1ccc(OCc2ccc(C(=O)Nc3ccn(Cc4ccccc4F)n3)o2)cc1. The number of halogens is 1. The smallest absolute Gasteiger partial charge is 0.337 e. The van der Waals surface area contributed by atoms with Crippen LogP contribution in [0.4, 0.5) is 10.2 Å². The Morgan fingerprint density at radius 1 is 1.06 bits per heavy atom.